The van der Waals surface area contributed by atoms with Crippen molar-refractivity contribution < 1.29 is 23.8 Å². The quantitative estimate of drug-likeness (QED) is 0.580. The van der Waals surface area contributed by atoms with Gasteiger partial charge in [0.05, 0.1) is 0 Å². The molecule has 2 atom stereocenters. The van der Waals surface area contributed by atoms with Gasteiger partial charge in [0.25, 0.3) is 5.91 Å². The van der Waals surface area contributed by atoms with Gasteiger partial charge in [0.2, 0.25) is 0 Å². The maximum absolute atomic E-state index is 12.6. The summed E-state index contributed by atoms with van der Waals surface area (Å²) in [6, 6.07) is 12.2. The Morgan fingerprint density at radius 1 is 1.17 bits per heavy atom. The number of carbonyl (C=O) groups excluding carboxylic acids is 1. The normalized spacial score (nSPS) is 12.9. The fraction of sp³-hybridized carbons (Fsp3) is 0.261. The number of amides is 1. The molecule has 0 bridgehead atoms. The van der Waals surface area contributed by atoms with Crippen molar-refractivity contribution in [2.75, 3.05) is 0 Å². The molecule has 1 heterocycles. The summed E-state index contributed by atoms with van der Waals surface area (Å²) in [5.41, 5.74) is 1.89. The van der Waals surface area contributed by atoms with E-state index in [0.29, 0.717) is 28.9 Å². The molecule has 3 aromatic rings. The van der Waals surface area contributed by atoms with Crippen LogP contribution in [-0.4, -0.2) is 23.1 Å². The van der Waals surface area contributed by atoms with Crippen LogP contribution >= 0.6 is 0 Å². The van der Waals surface area contributed by atoms with E-state index in [2.05, 4.69) is 5.32 Å². The van der Waals surface area contributed by atoms with E-state index in [0.717, 1.165) is 10.9 Å². The highest BCUT2D eigenvalue weighted by molar-refractivity contribution is 5.88. The number of carboxylic acid groups (broad SMARTS) is 1. The molecule has 1 unspecified atom stereocenters. The molecule has 7 heteroatoms. The monoisotopic (exact) mass is 409 g/mol. The lowest BCUT2D eigenvalue weighted by Gasteiger charge is -2.20. The zero-order chi connectivity index (χ0) is 21.8. The molecule has 2 N–H and O–H groups in total. The predicted octanol–water partition coefficient (Wildman–Crippen LogP) is 3.37. The minimum absolute atomic E-state index is 0.383. The lowest BCUT2D eigenvalue weighted by Crippen LogP contribution is -2.41. The highest BCUT2D eigenvalue weighted by Crippen LogP contribution is 2.29. The lowest BCUT2D eigenvalue weighted by atomic mass is 10.0. The maximum Gasteiger partial charge on any atom is 0.336 e. The third-order valence-electron chi connectivity index (χ3n) is 4.92. The zero-order valence-electron chi connectivity index (χ0n) is 17.0. The van der Waals surface area contributed by atoms with E-state index >= 15 is 0 Å². The Morgan fingerprint density at radius 3 is 2.50 bits per heavy atom. The Morgan fingerprint density at radius 2 is 1.87 bits per heavy atom. The zero-order valence-corrected chi connectivity index (χ0v) is 17.0. The molecule has 0 saturated heterocycles. The van der Waals surface area contributed by atoms with E-state index in [4.69, 9.17) is 9.15 Å². The minimum atomic E-state index is -1.19. The van der Waals surface area contributed by atoms with E-state index < -0.39 is 29.6 Å². The molecule has 2 aromatic carbocycles. The SMILES string of the molecule is CCc1cc(=O)oc2c(C)c(OC(C)C(=O)N[C@H](C(=O)O)c3ccccc3)ccc12. The molecule has 0 aliphatic rings. The van der Waals surface area contributed by atoms with E-state index in [-0.39, 0.29) is 0 Å². The van der Waals surface area contributed by atoms with Gasteiger partial charge >= 0.3 is 11.6 Å². The molecule has 30 heavy (non-hydrogen) atoms. The van der Waals surface area contributed by atoms with Gasteiger partial charge in [0, 0.05) is 17.0 Å². The van der Waals surface area contributed by atoms with Crippen molar-refractivity contribution in [1.82, 2.24) is 5.32 Å². The number of aliphatic carboxylic acids is 1. The van der Waals surface area contributed by atoms with Crippen molar-refractivity contribution in [2.45, 2.75) is 39.3 Å². The molecule has 0 saturated carbocycles. The number of rotatable bonds is 7. The van der Waals surface area contributed by atoms with Crippen LogP contribution in [0.3, 0.4) is 0 Å². The fourth-order valence-electron chi connectivity index (χ4n) is 3.26. The summed E-state index contributed by atoms with van der Waals surface area (Å²) in [4.78, 5) is 36.1. The summed E-state index contributed by atoms with van der Waals surface area (Å²) in [7, 11) is 0. The van der Waals surface area contributed by atoms with Gasteiger partial charge in [-0.3, -0.25) is 4.79 Å². The first-order valence-corrected chi connectivity index (χ1v) is 9.63. The van der Waals surface area contributed by atoms with Crippen LogP contribution < -0.4 is 15.7 Å². The summed E-state index contributed by atoms with van der Waals surface area (Å²) < 4.78 is 11.1. The van der Waals surface area contributed by atoms with Gasteiger partial charge in [-0.05, 0) is 43.5 Å². The average molecular weight is 409 g/mol. The summed E-state index contributed by atoms with van der Waals surface area (Å²) in [5, 5.41) is 12.8. The number of carboxylic acids is 1. The lowest BCUT2D eigenvalue weighted by molar-refractivity contribution is -0.143. The van der Waals surface area contributed by atoms with Crippen LogP contribution in [0.5, 0.6) is 5.75 Å². The number of nitrogens with one attached hydrogen (secondary N) is 1. The Kier molecular flexibility index (Phi) is 6.20. The highest BCUT2D eigenvalue weighted by atomic mass is 16.5. The first-order chi connectivity index (χ1) is 14.3. The van der Waals surface area contributed by atoms with Crippen LogP contribution in [0.25, 0.3) is 11.0 Å². The topological polar surface area (TPSA) is 106 Å². The van der Waals surface area contributed by atoms with Crippen molar-refractivity contribution in [3.05, 3.63) is 75.6 Å². The number of hydrogen-bond acceptors (Lipinski definition) is 5. The van der Waals surface area contributed by atoms with Gasteiger partial charge in [-0.15, -0.1) is 0 Å². The average Bonchev–Trinajstić information content (AvgIpc) is 2.73. The van der Waals surface area contributed by atoms with Crippen molar-refractivity contribution in [3.63, 3.8) is 0 Å². The smallest absolute Gasteiger partial charge is 0.336 e. The molecule has 1 amide bonds. The summed E-state index contributed by atoms with van der Waals surface area (Å²) in [6.45, 7) is 5.22. The minimum Gasteiger partial charge on any atom is -0.480 e. The molecule has 0 radical (unpaired) electrons. The number of ether oxygens (including phenoxy) is 1. The summed E-state index contributed by atoms with van der Waals surface area (Å²) in [5.74, 6) is -1.36. The van der Waals surface area contributed by atoms with Crippen LogP contribution in [0.15, 0.2) is 57.7 Å². The van der Waals surface area contributed by atoms with Gasteiger partial charge in [-0.1, -0.05) is 37.3 Å². The van der Waals surface area contributed by atoms with Crippen LogP contribution in [-0.2, 0) is 16.0 Å². The van der Waals surface area contributed by atoms with Gasteiger partial charge in [0.1, 0.15) is 11.3 Å². The van der Waals surface area contributed by atoms with Crippen LogP contribution in [0.1, 0.15) is 36.6 Å². The maximum atomic E-state index is 12.6. The Balaban J connectivity index is 1.83. The number of aryl methyl sites for hydroxylation is 2. The first-order valence-electron chi connectivity index (χ1n) is 9.63. The molecule has 1 aromatic heterocycles. The van der Waals surface area contributed by atoms with Gasteiger partial charge in [-0.2, -0.15) is 0 Å². The summed E-state index contributed by atoms with van der Waals surface area (Å²) >= 11 is 0. The molecule has 0 fully saturated rings. The molecule has 3 rings (SSSR count). The molecular weight excluding hydrogens is 386 g/mol. The van der Waals surface area contributed by atoms with Gasteiger partial charge < -0.3 is 19.6 Å². The van der Waals surface area contributed by atoms with Crippen LogP contribution in [0, 0.1) is 6.92 Å². The fourth-order valence-corrected chi connectivity index (χ4v) is 3.26. The van der Waals surface area contributed by atoms with Gasteiger partial charge in [-0.25, -0.2) is 9.59 Å². The number of carbonyl (C=O) groups is 2. The number of benzene rings is 2. The largest absolute Gasteiger partial charge is 0.480 e. The second-order valence-corrected chi connectivity index (χ2v) is 6.96. The van der Waals surface area contributed by atoms with Gasteiger partial charge in [0.15, 0.2) is 12.1 Å². The van der Waals surface area contributed by atoms with Crippen molar-refractivity contribution >= 4 is 22.8 Å². The Labute approximate surface area is 173 Å². The van der Waals surface area contributed by atoms with Crippen LogP contribution in [0.2, 0.25) is 0 Å². The first kappa shape index (κ1) is 21.1. The number of hydrogen-bond donors (Lipinski definition) is 2. The second-order valence-electron chi connectivity index (χ2n) is 6.96. The molecule has 0 spiro atoms. The second kappa shape index (κ2) is 8.82. The van der Waals surface area contributed by atoms with E-state index in [1.165, 1.54) is 13.0 Å². The number of fused-ring (bicyclic) bond motifs is 1. The van der Waals surface area contributed by atoms with E-state index in [9.17, 15) is 19.5 Å². The molecular formula is C23H23NO6. The molecule has 0 aliphatic heterocycles. The molecule has 0 aliphatic carbocycles. The molecule has 7 nitrogen and oxygen atoms in total. The Bertz CT molecular complexity index is 1140. The van der Waals surface area contributed by atoms with Crippen molar-refractivity contribution in [1.29, 1.82) is 0 Å². The van der Waals surface area contributed by atoms with E-state index in [1.54, 1.807) is 49.4 Å². The highest BCUT2D eigenvalue weighted by Gasteiger charge is 2.26. The summed E-state index contributed by atoms with van der Waals surface area (Å²) in [6.07, 6.45) is -0.288. The van der Waals surface area contributed by atoms with E-state index in [1.807, 2.05) is 6.92 Å². The third kappa shape index (κ3) is 4.35. The van der Waals surface area contributed by atoms with Crippen molar-refractivity contribution in [3.8, 4) is 5.75 Å². The standard InChI is InChI=1S/C23H23NO6/c1-4-15-12-19(25)30-21-13(2)18(11-10-17(15)21)29-14(3)22(26)24-20(23(27)28)16-8-6-5-7-9-16/h5-12,14,20H,4H2,1-3H3,(H,24,26)(H,27,28)/t14?,20-/m0/s1. The van der Waals surface area contributed by atoms with Crippen molar-refractivity contribution in [2.24, 2.45) is 0 Å². The van der Waals surface area contributed by atoms with Crippen LogP contribution in [0.4, 0.5) is 0 Å². The molecule has 156 valence electrons. The Hall–Kier alpha value is -3.61. The predicted molar refractivity (Wildman–Crippen MR) is 112 cm³/mol. The third-order valence-corrected chi connectivity index (χ3v) is 4.92.